The Hall–Kier alpha value is -2.88. The Morgan fingerprint density at radius 2 is 1.80 bits per heavy atom. The van der Waals surface area contributed by atoms with Gasteiger partial charge in [-0.25, -0.2) is 4.98 Å². The minimum absolute atomic E-state index is 0.246. The molecule has 4 heteroatoms. The lowest BCUT2D eigenvalue weighted by Crippen LogP contribution is -1.93. The van der Waals surface area contributed by atoms with Crippen LogP contribution in [0.5, 0.6) is 5.75 Å². The number of para-hydroxylation sites is 2. The monoisotopic (exact) mass is 261 g/mol. The number of imidazole rings is 1. The van der Waals surface area contributed by atoms with E-state index in [1.54, 1.807) is 24.5 Å². The van der Waals surface area contributed by atoms with E-state index in [1.165, 1.54) is 0 Å². The largest absolute Gasteiger partial charge is 0.508 e. The van der Waals surface area contributed by atoms with E-state index in [0.717, 1.165) is 27.9 Å². The zero-order chi connectivity index (χ0) is 13.5. The number of aromatic hydroxyl groups is 1. The lowest BCUT2D eigenvalue weighted by Gasteiger charge is -2.06. The van der Waals surface area contributed by atoms with Crippen molar-refractivity contribution in [3.05, 3.63) is 60.9 Å². The summed E-state index contributed by atoms with van der Waals surface area (Å²) in [7, 11) is 0. The zero-order valence-electron chi connectivity index (χ0n) is 10.6. The molecule has 4 rings (SSSR count). The van der Waals surface area contributed by atoms with Gasteiger partial charge in [0.05, 0.1) is 29.1 Å². The van der Waals surface area contributed by atoms with Crippen molar-refractivity contribution in [2.45, 2.75) is 0 Å². The van der Waals surface area contributed by atoms with Gasteiger partial charge in [0, 0.05) is 5.56 Å². The van der Waals surface area contributed by atoms with E-state index in [0.29, 0.717) is 0 Å². The Labute approximate surface area is 115 Å². The number of aromatic nitrogens is 3. The topological polar surface area (TPSA) is 50.4 Å². The van der Waals surface area contributed by atoms with Crippen LogP contribution in [0.3, 0.4) is 0 Å². The number of benzene rings is 2. The molecule has 0 aliphatic carbocycles. The second-order valence-corrected chi connectivity index (χ2v) is 4.63. The molecule has 0 aliphatic heterocycles. The first kappa shape index (κ1) is 11.0. The molecule has 0 aliphatic rings. The highest BCUT2D eigenvalue weighted by Gasteiger charge is 2.09. The van der Waals surface area contributed by atoms with E-state index in [4.69, 9.17) is 0 Å². The van der Waals surface area contributed by atoms with E-state index >= 15 is 0 Å². The van der Waals surface area contributed by atoms with Crippen molar-refractivity contribution in [2.75, 3.05) is 0 Å². The number of nitrogens with zero attached hydrogens (tertiary/aromatic N) is 3. The zero-order valence-corrected chi connectivity index (χ0v) is 10.6. The third kappa shape index (κ3) is 1.55. The van der Waals surface area contributed by atoms with Crippen molar-refractivity contribution >= 4 is 16.7 Å². The van der Waals surface area contributed by atoms with Crippen molar-refractivity contribution in [2.24, 2.45) is 0 Å². The molecule has 4 aromatic rings. The molecule has 0 atom stereocenters. The van der Waals surface area contributed by atoms with Gasteiger partial charge < -0.3 is 5.11 Å². The molecule has 2 heterocycles. The van der Waals surface area contributed by atoms with Crippen LogP contribution in [-0.2, 0) is 0 Å². The van der Waals surface area contributed by atoms with Crippen molar-refractivity contribution in [1.82, 2.24) is 14.4 Å². The van der Waals surface area contributed by atoms with Crippen LogP contribution in [0.25, 0.3) is 27.9 Å². The minimum Gasteiger partial charge on any atom is -0.508 e. The standard InChI is InChI=1S/C16H11N3O/c20-12-5-3-4-11(8-12)15-9-18-16-10-17-13-6-1-2-7-14(13)19(15)16/h1-10,20H. The van der Waals surface area contributed by atoms with Crippen LogP contribution in [-0.4, -0.2) is 19.5 Å². The first-order valence-corrected chi connectivity index (χ1v) is 6.33. The van der Waals surface area contributed by atoms with Gasteiger partial charge in [0.15, 0.2) is 5.65 Å². The van der Waals surface area contributed by atoms with Gasteiger partial charge in [0.25, 0.3) is 0 Å². The predicted molar refractivity (Wildman–Crippen MR) is 77.6 cm³/mol. The van der Waals surface area contributed by atoms with Crippen LogP contribution < -0.4 is 0 Å². The number of phenolic OH excluding ortho intramolecular Hbond substituents is 1. The summed E-state index contributed by atoms with van der Waals surface area (Å²) in [5.74, 6) is 0.246. The van der Waals surface area contributed by atoms with Crippen LogP contribution in [0.2, 0.25) is 0 Å². The van der Waals surface area contributed by atoms with Gasteiger partial charge in [-0.05, 0) is 24.3 Å². The number of fused-ring (bicyclic) bond motifs is 3. The molecular formula is C16H11N3O. The highest BCUT2D eigenvalue weighted by atomic mass is 16.3. The van der Waals surface area contributed by atoms with Gasteiger partial charge in [-0.3, -0.25) is 9.38 Å². The summed E-state index contributed by atoms with van der Waals surface area (Å²) in [6.07, 6.45) is 3.56. The van der Waals surface area contributed by atoms with Crippen LogP contribution in [0.15, 0.2) is 60.9 Å². The maximum absolute atomic E-state index is 9.66. The van der Waals surface area contributed by atoms with E-state index in [9.17, 15) is 5.11 Å². The molecule has 0 unspecified atom stereocenters. The van der Waals surface area contributed by atoms with E-state index < -0.39 is 0 Å². The van der Waals surface area contributed by atoms with Gasteiger partial charge in [-0.15, -0.1) is 0 Å². The molecule has 0 radical (unpaired) electrons. The number of hydrogen-bond donors (Lipinski definition) is 1. The fourth-order valence-corrected chi connectivity index (χ4v) is 2.47. The molecule has 2 aromatic carbocycles. The van der Waals surface area contributed by atoms with Gasteiger partial charge in [-0.2, -0.15) is 0 Å². The summed E-state index contributed by atoms with van der Waals surface area (Å²) in [6.45, 7) is 0. The molecule has 0 bridgehead atoms. The smallest absolute Gasteiger partial charge is 0.156 e. The summed E-state index contributed by atoms with van der Waals surface area (Å²) < 4.78 is 2.05. The highest BCUT2D eigenvalue weighted by Crippen LogP contribution is 2.26. The predicted octanol–water partition coefficient (Wildman–Crippen LogP) is 3.26. The van der Waals surface area contributed by atoms with Crippen molar-refractivity contribution in [3.63, 3.8) is 0 Å². The molecule has 0 amide bonds. The molecule has 0 saturated carbocycles. The van der Waals surface area contributed by atoms with Crippen molar-refractivity contribution < 1.29 is 5.11 Å². The summed E-state index contributed by atoms with van der Waals surface area (Å²) in [6, 6.07) is 15.1. The summed E-state index contributed by atoms with van der Waals surface area (Å²) in [5, 5.41) is 9.66. The molecule has 0 saturated heterocycles. The van der Waals surface area contributed by atoms with Gasteiger partial charge in [0.2, 0.25) is 0 Å². The fourth-order valence-electron chi connectivity index (χ4n) is 2.47. The lowest BCUT2D eigenvalue weighted by atomic mass is 10.1. The first-order chi connectivity index (χ1) is 9.83. The molecular weight excluding hydrogens is 250 g/mol. The number of rotatable bonds is 1. The molecule has 1 N–H and O–H groups in total. The first-order valence-electron chi connectivity index (χ1n) is 6.33. The molecule has 0 spiro atoms. The quantitative estimate of drug-likeness (QED) is 0.572. The van der Waals surface area contributed by atoms with Crippen molar-refractivity contribution in [3.8, 4) is 17.0 Å². The van der Waals surface area contributed by atoms with Gasteiger partial charge in [-0.1, -0.05) is 24.3 Å². The Morgan fingerprint density at radius 1 is 0.900 bits per heavy atom. The summed E-state index contributed by atoms with van der Waals surface area (Å²) in [5.41, 5.74) is 4.57. The fraction of sp³-hybridized carbons (Fsp3) is 0. The van der Waals surface area contributed by atoms with Crippen LogP contribution in [0.1, 0.15) is 0 Å². The highest BCUT2D eigenvalue weighted by molar-refractivity contribution is 5.81. The number of phenols is 1. The summed E-state index contributed by atoms with van der Waals surface area (Å²) >= 11 is 0. The molecule has 20 heavy (non-hydrogen) atoms. The van der Waals surface area contributed by atoms with Gasteiger partial charge in [0.1, 0.15) is 5.75 Å². The maximum atomic E-state index is 9.66. The molecule has 2 aromatic heterocycles. The Kier molecular flexibility index (Phi) is 2.23. The second kappa shape index (κ2) is 4.06. The third-order valence-corrected chi connectivity index (χ3v) is 3.37. The third-order valence-electron chi connectivity index (χ3n) is 3.37. The molecule has 4 nitrogen and oxygen atoms in total. The average Bonchev–Trinajstić information content (AvgIpc) is 2.91. The molecule has 96 valence electrons. The Balaban J connectivity index is 2.12. The van der Waals surface area contributed by atoms with Crippen LogP contribution >= 0.6 is 0 Å². The van der Waals surface area contributed by atoms with Crippen molar-refractivity contribution in [1.29, 1.82) is 0 Å². The van der Waals surface area contributed by atoms with E-state index in [2.05, 4.69) is 14.4 Å². The lowest BCUT2D eigenvalue weighted by molar-refractivity contribution is 0.475. The normalized spacial score (nSPS) is 11.2. The Bertz CT molecular complexity index is 927. The van der Waals surface area contributed by atoms with E-state index in [1.807, 2.05) is 36.4 Å². The van der Waals surface area contributed by atoms with E-state index in [-0.39, 0.29) is 5.75 Å². The molecule has 0 fully saturated rings. The maximum Gasteiger partial charge on any atom is 0.156 e. The number of hydrogen-bond acceptors (Lipinski definition) is 3. The Morgan fingerprint density at radius 3 is 2.70 bits per heavy atom. The SMILES string of the molecule is Oc1cccc(-c2cnc3cnc4ccccc4n23)c1. The second-order valence-electron chi connectivity index (χ2n) is 4.63. The van der Waals surface area contributed by atoms with Crippen LogP contribution in [0, 0.1) is 0 Å². The minimum atomic E-state index is 0.246. The van der Waals surface area contributed by atoms with Gasteiger partial charge >= 0.3 is 0 Å². The van der Waals surface area contributed by atoms with Crippen LogP contribution in [0.4, 0.5) is 0 Å². The average molecular weight is 261 g/mol. The summed E-state index contributed by atoms with van der Waals surface area (Å²) in [4.78, 5) is 8.79.